The van der Waals surface area contributed by atoms with Gasteiger partial charge in [0.05, 0.1) is 12.2 Å². The van der Waals surface area contributed by atoms with Crippen LogP contribution in [-0.4, -0.2) is 42.1 Å². The Morgan fingerprint density at radius 2 is 1.89 bits per heavy atom. The van der Waals surface area contributed by atoms with E-state index in [-0.39, 0.29) is 17.2 Å². The number of carbonyl (C=O) groups excluding carboxylic acids is 3. The largest absolute Gasteiger partial charge is 0.463 e. The van der Waals surface area contributed by atoms with Crippen molar-refractivity contribution in [2.75, 3.05) is 17.8 Å². The second kappa shape index (κ2) is 8.56. The smallest absolute Gasteiger partial charge is 0.441 e. The lowest BCUT2D eigenvalue weighted by Crippen LogP contribution is -2.69. The van der Waals surface area contributed by atoms with E-state index in [0.717, 1.165) is 24.2 Å². The van der Waals surface area contributed by atoms with Crippen molar-refractivity contribution in [1.29, 1.82) is 0 Å². The molecular weight excluding hydrogens is 423 g/mol. The van der Waals surface area contributed by atoms with Gasteiger partial charge in [0.2, 0.25) is 5.91 Å². The van der Waals surface area contributed by atoms with Gasteiger partial charge in [-0.05, 0) is 38.2 Å². The Hall–Kier alpha value is -2.01. The molecule has 0 bridgehead atoms. The summed E-state index contributed by atoms with van der Waals surface area (Å²) in [6, 6.07) is 0. The number of hydrogen-bond acceptors (Lipinski definition) is 6. The third-order valence-corrected chi connectivity index (χ3v) is 5.62. The van der Waals surface area contributed by atoms with Crippen LogP contribution in [0, 0.1) is 0 Å². The number of halogens is 4. The van der Waals surface area contributed by atoms with Gasteiger partial charge in [0.15, 0.2) is 0 Å². The van der Waals surface area contributed by atoms with Crippen LogP contribution in [-0.2, 0) is 27.2 Å². The van der Waals surface area contributed by atoms with Crippen molar-refractivity contribution >= 4 is 45.7 Å². The SMILES string of the molecule is CCOC(=O)C(NC(=O)CCl)(Nc1sc2c(c1C(N)=O)CCCC2)C(F)(F)F. The Labute approximate surface area is 167 Å². The van der Waals surface area contributed by atoms with Crippen LogP contribution < -0.4 is 16.4 Å². The number of hydrogen-bond donors (Lipinski definition) is 3. The van der Waals surface area contributed by atoms with Gasteiger partial charge in [0.25, 0.3) is 5.91 Å². The number of aryl methyl sites for hydroxylation is 1. The summed E-state index contributed by atoms with van der Waals surface area (Å²) < 4.78 is 46.6. The van der Waals surface area contributed by atoms with Crippen LogP contribution in [0.15, 0.2) is 0 Å². The highest BCUT2D eigenvalue weighted by molar-refractivity contribution is 7.16. The summed E-state index contributed by atoms with van der Waals surface area (Å²) in [4.78, 5) is 36.7. The molecule has 0 saturated heterocycles. The van der Waals surface area contributed by atoms with Gasteiger partial charge in [0.1, 0.15) is 10.9 Å². The highest BCUT2D eigenvalue weighted by atomic mass is 35.5. The van der Waals surface area contributed by atoms with Gasteiger partial charge < -0.3 is 21.1 Å². The molecule has 1 unspecified atom stereocenters. The molecule has 156 valence electrons. The lowest BCUT2D eigenvalue weighted by molar-refractivity contribution is -0.207. The summed E-state index contributed by atoms with van der Waals surface area (Å²) in [6.45, 7) is 0.958. The van der Waals surface area contributed by atoms with Crippen LogP contribution in [0.4, 0.5) is 18.2 Å². The first-order valence-electron chi connectivity index (χ1n) is 8.40. The molecule has 1 aromatic heterocycles. The molecule has 1 aliphatic carbocycles. The third kappa shape index (κ3) is 4.19. The van der Waals surface area contributed by atoms with Crippen LogP contribution >= 0.6 is 22.9 Å². The number of carbonyl (C=O) groups is 3. The minimum atomic E-state index is -5.31. The quantitative estimate of drug-likeness (QED) is 0.341. The van der Waals surface area contributed by atoms with Gasteiger partial charge in [-0.3, -0.25) is 9.59 Å². The molecule has 0 spiro atoms. The van der Waals surface area contributed by atoms with E-state index in [2.05, 4.69) is 4.74 Å². The third-order valence-electron chi connectivity index (χ3n) is 4.17. The van der Waals surface area contributed by atoms with E-state index in [9.17, 15) is 27.6 Å². The van der Waals surface area contributed by atoms with Crippen molar-refractivity contribution in [3.05, 3.63) is 16.0 Å². The zero-order valence-corrected chi connectivity index (χ0v) is 16.4. The minimum Gasteiger partial charge on any atom is -0.463 e. The molecule has 12 heteroatoms. The van der Waals surface area contributed by atoms with Gasteiger partial charge in [-0.15, -0.1) is 22.9 Å². The van der Waals surface area contributed by atoms with Gasteiger partial charge in [-0.1, -0.05) is 0 Å². The maximum atomic E-state index is 14.0. The van der Waals surface area contributed by atoms with Crippen molar-refractivity contribution in [3.8, 4) is 0 Å². The minimum absolute atomic E-state index is 0.113. The molecule has 4 N–H and O–H groups in total. The molecule has 0 aliphatic heterocycles. The van der Waals surface area contributed by atoms with E-state index < -0.39 is 35.5 Å². The van der Waals surface area contributed by atoms with Gasteiger partial charge in [0, 0.05) is 4.88 Å². The first kappa shape index (κ1) is 22.3. The number of thiophene rings is 1. The number of primary amides is 1. The number of nitrogens with one attached hydrogen (secondary N) is 2. The lowest BCUT2D eigenvalue weighted by Gasteiger charge is -2.35. The molecule has 1 aromatic rings. The normalized spacial score (nSPS) is 15.9. The summed E-state index contributed by atoms with van der Waals surface area (Å²) in [5, 5.41) is 3.34. The van der Waals surface area contributed by atoms with Crippen LogP contribution in [0.25, 0.3) is 0 Å². The summed E-state index contributed by atoms with van der Waals surface area (Å²) in [5.41, 5.74) is 2.23. The van der Waals surface area contributed by atoms with E-state index in [1.807, 2.05) is 5.32 Å². The number of amides is 2. The molecule has 2 amide bonds. The summed E-state index contributed by atoms with van der Waals surface area (Å²) in [5.74, 6) is -4.77. The Morgan fingerprint density at radius 3 is 2.43 bits per heavy atom. The number of ether oxygens (including phenoxy) is 1. The summed E-state index contributed by atoms with van der Waals surface area (Å²) in [7, 11) is 0. The van der Waals surface area contributed by atoms with Gasteiger partial charge in [-0.2, -0.15) is 13.2 Å². The molecule has 1 heterocycles. The fourth-order valence-corrected chi connectivity index (χ4v) is 4.37. The summed E-state index contributed by atoms with van der Waals surface area (Å²) in [6.07, 6.45) is -2.67. The van der Waals surface area contributed by atoms with E-state index in [4.69, 9.17) is 17.3 Å². The van der Waals surface area contributed by atoms with Crippen LogP contribution in [0.3, 0.4) is 0 Å². The predicted octanol–water partition coefficient (Wildman–Crippen LogP) is 2.31. The van der Waals surface area contributed by atoms with Crippen molar-refractivity contribution in [2.24, 2.45) is 5.73 Å². The first-order chi connectivity index (χ1) is 13.1. The Bertz CT molecular complexity index is 784. The Morgan fingerprint density at radius 1 is 1.25 bits per heavy atom. The maximum Gasteiger partial charge on any atom is 0.441 e. The van der Waals surface area contributed by atoms with Crippen LogP contribution in [0.5, 0.6) is 0 Å². The Balaban J connectivity index is 2.62. The van der Waals surface area contributed by atoms with E-state index in [1.54, 1.807) is 5.32 Å². The Kier molecular flexibility index (Phi) is 6.81. The molecule has 1 aliphatic rings. The second-order valence-corrected chi connectivity index (χ2v) is 7.43. The number of rotatable bonds is 7. The van der Waals surface area contributed by atoms with E-state index in [1.165, 1.54) is 6.92 Å². The van der Waals surface area contributed by atoms with Crippen molar-refractivity contribution in [2.45, 2.75) is 44.4 Å². The zero-order valence-electron chi connectivity index (χ0n) is 14.9. The standard InChI is InChI=1S/C16H19ClF3N3O4S/c1-2-27-14(26)15(16(18,19)20,22-10(24)7-17)23-13-11(12(21)25)8-5-3-4-6-9(8)28-13/h23H,2-7H2,1H3,(H2,21,25)(H,22,24). The van der Waals surface area contributed by atoms with E-state index >= 15 is 0 Å². The molecule has 0 aromatic carbocycles. The first-order valence-corrected chi connectivity index (χ1v) is 9.76. The molecule has 0 saturated carbocycles. The second-order valence-electron chi connectivity index (χ2n) is 6.05. The van der Waals surface area contributed by atoms with Crippen LogP contribution in [0.1, 0.15) is 40.6 Å². The van der Waals surface area contributed by atoms with Gasteiger partial charge >= 0.3 is 17.8 Å². The number of alkyl halides is 4. The average molecular weight is 442 g/mol. The number of esters is 1. The van der Waals surface area contributed by atoms with Crippen molar-refractivity contribution < 1.29 is 32.3 Å². The lowest BCUT2D eigenvalue weighted by atomic mass is 9.95. The monoisotopic (exact) mass is 441 g/mol. The van der Waals surface area contributed by atoms with Crippen LogP contribution in [0.2, 0.25) is 0 Å². The predicted molar refractivity (Wildman–Crippen MR) is 97.4 cm³/mol. The fourth-order valence-electron chi connectivity index (χ4n) is 2.96. The number of anilines is 1. The average Bonchev–Trinajstić information content (AvgIpc) is 2.97. The number of nitrogens with two attached hydrogens (primary N) is 1. The molecule has 28 heavy (non-hydrogen) atoms. The fraction of sp³-hybridized carbons (Fsp3) is 0.562. The molecule has 0 fully saturated rings. The molecular formula is C16H19ClF3N3O4S. The summed E-state index contributed by atoms with van der Waals surface area (Å²) >= 11 is 6.23. The highest BCUT2D eigenvalue weighted by Gasteiger charge is 2.64. The zero-order chi connectivity index (χ0) is 21.1. The molecule has 1 atom stereocenters. The topological polar surface area (TPSA) is 111 Å². The van der Waals surface area contributed by atoms with Crippen molar-refractivity contribution in [1.82, 2.24) is 5.32 Å². The van der Waals surface area contributed by atoms with Crippen molar-refractivity contribution in [3.63, 3.8) is 0 Å². The molecule has 0 radical (unpaired) electrons. The van der Waals surface area contributed by atoms with E-state index in [0.29, 0.717) is 23.3 Å². The highest BCUT2D eigenvalue weighted by Crippen LogP contribution is 2.41. The molecule has 7 nitrogen and oxygen atoms in total. The number of fused-ring (bicyclic) bond motifs is 1. The molecule has 2 rings (SSSR count). The maximum absolute atomic E-state index is 14.0. The van der Waals surface area contributed by atoms with Gasteiger partial charge in [-0.25, -0.2) is 4.79 Å².